The number of hydrogen-bond donors (Lipinski definition) is 2. The summed E-state index contributed by atoms with van der Waals surface area (Å²) in [4.78, 5) is 0. The number of sulfone groups is 1. The monoisotopic (exact) mass is 253 g/mol. The molecule has 98 valence electrons. The molecular weight excluding hydrogens is 230 g/mol. The summed E-state index contributed by atoms with van der Waals surface area (Å²) in [7, 11) is -3.04. The van der Waals surface area contributed by atoms with Crippen LogP contribution >= 0.6 is 0 Å². The van der Waals surface area contributed by atoms with Gasteiger partial charge in [0.2, 0.25) is 0 Å². The Morgan fingerprint density at radius 2 is 1.81 bits per heavy atom. The van der Waals surface area contributed by atoms with Crippen LogP contribution in [0.4, 0.5) is 0 Å². The van der Waals surface area contributed by atoms with Crippen LogP contribution in [0.15, 0.2) is 0 Å². The first kappa shape index (κ1) is 15.8. The molecule has 5 nitrogen and oxygen atoms in total. The minimum Gasteiger partial charge on any atom is -0.394 e. The molecule has 6 heteroatoms. The van der Waals surface area contributed by atoms with Gasteiger partial charge in [-0.3, -0.25) is 0 Å². The number of nitrogens with one attached hydrogen (secondary N) is 1. The van der Waals surface area contributed by atoms with Crippen molar-refractivity contribution in [1.29, 1.82) is 0 Å². The molecule has 0 aromatic rings. The Hall–Kier alpha value is -0.170. The minimum absolute atomic E-state index is 0.0123. The van der Waals surface area contributed by atoms with Crippen molar-refractivity contribution >= 4 is 9.84 Å². The molecule has 0 fully saturated rings. The van der Waals surface area contributed by atoms with E-state index < -0.39 is 14.6 Å². The number of rotatable bonds is 8. The largest absolute Gasteiger partial charge is 0.394 e. The van der Waals surface area contributed by atoms with Crippen LogP contribution < -0.4 is 5.32 Å². The molecule has 0 spiro atoms. The lowest BCUT2D eigenvalue weighted by atomic mass is 10.3. The van der Waals surface area contributed by atoms with E-state index in [9.17, 15) is 8.42 Å². The van der Waals surface area contributed by atoms with Crippen molar-refractivity contribution < 1.29 is 18.3 Å². The van der Waals surface area contributed by atoms with E-state index in [0.29, 0.717) is 26.3 Å². The maximum atomic E-state index is 11.7. The zero-order valence-corrected chi connectivity index (χ0v) is 11.1. The zero-order valence-electron chi connectivity index (χ0n) is 10.3. The molecule has 0 aliphatic rings. The molecule has 0 atom stereocenters. The molecule has 0 aromatic heterocycles. The Kier molecular flexibility index (Phi) is 7.14. The Labute approximate surface area is 98.1 Å². The molecule has 2 N–H and O–H groups in total. The first-order valence-electron chi connectivity index (χ1n) is 5.43. The van der Waals surface area contributed by atoms with Crippen LogP contribution in [-0.4, -0.2) is 56.9 Å². The molecular formula is C10H23NO4S. The van der Waals surface area contributed by atoms with Crippen molar-refractivity contribution in [2.45, 2.75) is 25.5 Å². The fraction of sp³-hybridized carbons (Fsp3) is 1.00. The topological polar surface area (TPSA) is 75.6 Å². The summed E-state index contributed by atoms with van der Waals surface area (Å²) in [6.07, 6.45) is 0. The Bertz CT molecular complexity index is 269. The van der Waals surface area contributed by atoms with Gasteiger partial charge >= 0.3 is 0 Å². The average molecular weight is 253 g/mol. The summed E-state index contributed by atoms with van der Waals surface area (Å²) in [5, 5.41) is 11.4. The standard InChI is InChI=1S/C10H23NO4S/c1-10(2,3)16(13,14)9-5-11-4-7-15-8-6-12/h11-12H,4-9H2,1-3H3. The zero-order chi connectivity index (χ0) is 12.7. The lowest BCUT2D eigenvalue weighted by Gasteiger charge is -2.19. The summed E-state index contributed by atoms with van der Waals surface area (Å²) in [5.74, 6) is 0.135. The quantitative estimate of drug-likeness (QED) is 0.586. The van der Waals surface area contributed by atoms with Crippen LogP contribution in [0.25, 0.3) is 0 Å². The lowest BCUT2D eigenvalue weighted by molar-refractivity contribution is 0.0942. The molecule has 0 rings (SSSR count). The summed E-state index contributed by atoms with van der Waals surface area (Å²) in [6.45, 7) is 6.95. The molecule has 0 bridgehead atoms. The van der Waals surface area contributed by atoms with Crippen LogP contribution in [0.1, 0.15) is 20.8 Å². The molecule has 0 aliphatic carbocycles. The SMILES string of the molecule is CC(C)(C)S(=O)(=O)CCNCCOCCO. The van der Waals surface area contributed by atoms with Gasteiger partial charge in [0.05, 0.1) is 30.3 Å². The summed E-state index contributed by atoms with van der Waals surface area (Å²) < 4.78 is 27.7. The predicted octanol–water partition coefficient (Wildman–Crippen LogP) is -0.202. The van der Waals surface area contributed by atoms with Gasteiger partial charge in [0.25, 0.3) is 0 Å². The Morgan fingerprint density at radius 1 is 1.19 bits per heavy atom. The molecule has 0 amide bonds. The van der Waals surface area contributed by atoms with Crippen molar-refractivity contribution in [1.82, 2.24) is 5.32 Å². The smallest absolute Gasteiger partial charge is 0.156 e. The van der Waals surface area contributed by atoms with Crippen molar-refractivity contribution in [3.05, 3.63) is 0 Å². The van der Waals surface area contributed by atoms with E-state index in [0.717, 1.165) is 0 Å². The van der Waals surface area contributed by atoms with Gasteiger partial charge in [-0.05, 0) is 20.8 Å². The molecule has 0 radical (unpaired) electrons. The first-order chi connectivity index (χ1) is 7.31. The van der Waals surface area contributed by atoms with E-state index in [2.05, 4.69) is 5.32 Å². The molecule has 16 heavy (non-hydrogen) atoms. The first-order valence-corrected chi connectivity index (χ1v) is 7.08. The van der Waals surface area contributed by atoms with E-state index in [1.165, 1.54) is 0 Å². The van der Waals surface area contributed by atoms with Gasteiger partial charge in [-0.1, -0.05) is 0 Å². The van der Waals surface area contributed by atoms with Gasteiger partial charge in [0.15, 0.2) is 9.84 Å². The molecule has 0 heterocycles. The van der Waals surface area contributed by atoms with Crippen LogP contribution in [0.2, 0.25) is 0 Å². The van der Waals surface area contributed by atoms with Gasteiger partial charge in [0.1, 0.15) is 0 Å². The minimum atomic E-state index is -3.04. The number of hydrogen-bond acceptors (Lipinski definition) is 5. The highest BCUT2D eigenvalue weighted by atomic mass is 32.2. The third-order valence-corrected chi connectivity index (χ3v) is 4.75. The lowest BCUT2D eigenvalue weighted by Crippen LogP contribution is -2.35. The molecule has 0 aliphatic heterocycles. The maximum Gasteiger partial charge on any atom is 0.156 e. The van der Waals surface area contributed by atoms with Crippen LogP contribution in [0.3, 0.4) is 0 Å². The van der Waals surface area contributed by atoms with Gasteiger partial charge < -0.3 is 15.2 Å². The Balaban J connectivity index is 3.60. The summed E-state index contributed by atoms with van der Waals surface area (Å²) >= 11 is 0. The van der Waals surface area contributed by atoms with Crippen molar-refractivity contribution in [2.24, 2.45) is 0 Å². The normalized spacial score (nSPS) is 13.0. The van der Waals surface area contributed by atoms with E-state index >= 15 is 0 Å². The van der Waals surface area contributed by atoms with E-state index in [1.54, 1.807) is 20.8 Å². The van der Waals surface area contributed by atoms with E-state index in [1.807, 2.05) is 0 Å². The second-order valence-electron chi connectivity index (χ2n) is 4.52. The van der Waals surface area contributed by atoms with Crippen LogP contribution in [-0.2, 0) is 14.6 Å². The highest BCUT2D eigenvalue weighted by molar-refractivity contribution is 7.92. The van der Waals surface area contributed by atoms with Crippen molar-refractivity contribution in [3.8, 4) is 0 Å². The second-order valence-corrected chi connectivity index (χ2v) is 7.38. The average Bonchev–Trinajstić information content (AvgIpc) is 2.14. The van der Waals surface area contributed by atoms with Gasteiger partial charge in [-0.2, -0.15) is 0 Å². The fourth-order valence-corrected chi connectivity index (χ4v) is 1.97. The van der Waals surface area contributed by atoms with Crippen LogP contribution in [0, 0.1) is 0 Å². The van der Waals surface area contributed by atoms with Crippen molar-refractivity contribution in [3.63, 3.8) is 0 Å². The number of aliphatic hydroxyl groups excluding tert-OH is 1. The molecule has 0 unspecified atom stereocenters. The number of ether oxygens (including phenoxy) is 1. The fourth-order valence-electron chi connectivity index (χ4n) is 0.949. The summed E-state index contributed by atoms with van der Waals surface area (Å²) in [6, 6.07) is 0. The third kappa shape index (κ3) is 6.42. The Morgan fingerprint density at radius 3 is 2.31 bits per heavy atom. The molecule has 0 saturated carbocycles. The maximum absolute atomic E-state index is 11.7. The highest BCUT2D eigenvalue weighted by Gasteiger charge is 2.27. The number of aliphatic hydroxyl groups is 1. The van der Waals surface area contributed by atoms with Crippen LogP contribution in [0.5, 0.6) is 0 Å². The third-order valence-electron chi connectivity index (χ3n) is 2.14. The van der Waals surface area contributed by atoms with Gasteiger partial charge in [-0.25, -0.2) is 8.42 Å². The summed E-state index contributed by atoms with van der Waals surface area (Å²) in [5.41, 5.74) is 0. The van der Waals surface area contributed by atoms with Gasteiger partial charge in [0, 0.05) is 13.1 Å². The molecule has 0 aromatic carbocycles. The highest BCUT2D eigenvalue weighted by Crippen LogP contribution is 2.14. The second kappa shape index (κ2) is 7.21. The van der Waals surface area contributed by atoms with E-state index in [4.69, 9.17) is 9.84 Å². The predicted molar refractivity (Wildman–Crippen MR) is 64.3 cm³/mol. The van der Waals surface area contributed by atoms with Gasteiger partial charge in [-0.15, -0.1) is 0 Å². The van der Waals surface area contributed by atoms with E-state index in [-0.39, 0.29) is 12.4 Å². The molecule has 0 saturated heterocycles. The van der Waals surface area contributed by atoms with Crippen molar-refractivity contribution in [2.75, 3.05) is 38.7 Å².